The Kier molecular flexibility index (Phi) is 5.88. The minimum absolute atomic E-state index is 0.303. The van der Waals surface area contributed by atoms with Crippen LogP contribution in [0.15, 0.2) is 58.2 Å². The van der Waals surface area contributed by atoms with E-state index in [0.29, 0.717) is 28.0 Å². The zero-order chi connectivity index (χ0) is 19.2. The number of aromatic nitrogens is 1. The van der Waals surface area contributed by atoms with Gasteiger partial charge in [-0.25, -0.2) is 5.43 Å². The monoisotopic (exact) mass is 383 g/mol. The first-order chi connectivity index (χ1) is 13.1. The fraction of sp³-hybridized carbons (Fsp3) is 0.150. The van der Waals surface area contributed by atoms with E-state index in [0.717, 1.165) is 17.5 Å². The summed E-state index contributed by atoms with van der Waals surface area (Å²) in [5.74, 6) is 1.33. The first-order valence-electron chi connectivity index (χ1n) is 8.32. The van der Waals surface area contributed by atoms with Gasteiger partial charge < -0.3 is 9.15 Å². The Hall–Kier alpha value is -3.12. The molecule has 0 saturated carbocycles. The molecule has 3 aromatic rings. The zero-order valence-corrected chi connectivity index (χ0v) is 15.7. The van der Waals surface area contributed by atoms with Crippen LogP contribution in [0.2, 0.25) is 5.02 Å². The molecule has 6 nitrogen and oxygen atoms in total. The van der Waals surface area contributed by atoms with E-state index in [9.17, 15) is 4.79 Å². The van der Waals surface area contributed by atoms with E-state index in [1.807, 2.05) is 19.1 Å². The smallest absolute Gasteiger partial charge is 0.289 e. The fourth-order valence-corrected chi connectivity index (χ4v) is 2.63. The van der Waals surface area contributed by atoms with Crippen molar-refractivity contribution in [3.63, 3.8) is 0 Å². The van der Waals surface area contributed by atoms with Crippen LogP contribution in [-0.4, -0.2) is 24.2 Å². The van der Waals surface area contributed by atoms with E-state index in [2.05, 4.69) is 15.5 Å². The predicted molar refractivity (Wildman–Crippen MR) is 104 cm³/mol. The first kappa shape index (κ1) is 18.7. The third-order valence-electron chi connectivity index (χ3n) is 3.89. The molecule has 0 spiro atoms. The highest BCUT2D eigenvalue weighted by Crippen LogP contribution is 2.30. The Labute approximate surface area is 161 Å². The Morgan fingerprint density at radius 2 is 2.15 bits per heavy atom. The van der Waals surface area contributed by atoms with E-state index in [4.69, 9.17) is 20.8 Å². The number of methoxy groups -OCH3 is 1. The molecule has 0 unspecified atom stereocenters. The summed E-state index contributed by atoms with van der Waals surface area (Å²) >= 11 is 6.14. The highest BCUT2D eigenvalue weighted by molar-refractivity contribution is 6.32. The molecule has 27 heavy (non-hydrogen) atoms. The molecule has 0 aliphatic rings. The number of hydrazone groups is 1. The Morgan fingerprint density at radius 1 is 1.30 bits per heavy atom. The maximum absolute atomic E-state index is 12.0. The number of amides is 1. The second-order valence-electron chi connectivity index (χ2n) is 5.66. The lowest BCUT2D eigenvalue weighted by Crippen LogP contribution is -2.18. The third-order valence-corrected chi connectivity index (χ3v) is 4.18. The van der Waals surface area contributed by atoms with Crippen LogP contribution in [-0.2, 0) is 6.42 Å². The normalized spacial score (nSPS) is 10.9. The van der Waals surface area contributed by atoms with Crippen molar-refractivity contribution in [1.82, 2.24) is 10.4 Å². The Bertz CT molecular complexity index is 965. The van der Waals surface area contributed by atoms with Crippen LogP contribution in [0.1, 0.15) is 28.7 Å². The van der Waals surface area contributed by atoms with Gasteiger partial charge in [-0.2, -0.15) is 5.10 Å². The van der Waals surface area contributed by atoms with Gasteiger partial charge in [-0.3, -0.25) is 9.78 Å². The van der Waals surface area contributed by atoms with Gasteiger partial charge in [0.25, 0.3) is 5.91 Å². The number of halogens is 1. The average molecular weight is 384 g/mol. The van der Waals surface area contributed by atoms with Gasteiger partial charge in [0.1, 0.15) is 23.0 Å². The molecular formula is C20H18ClN3O3. The maximum atomic E-state index is 12.0. The van der Waals surface area contributed by atoms with Crippen LogP contribution in [0.25, 0.3) is 11.3 Å². The van der Waals surface area contributed by atoms with Gasteiger partial charge in [0.05, 0.1) is 18.3 Å². The summed E-state index contributed by atoms with van der Waals surface area (Å²) < 4.78 is 10.8. The van der Waals surface area contributed by atoms with Crippen molar-refractivity contribution < 1.29 is 13.9 Å². The molecule has 0 bridgehead atoms. The SMILES string of the molecule is CCc1ccc(C(=O)N/N=C/c2ccc(-c3ccc(OC)c(Cl)c3)o2)nc1. The van der Waals surface area contributed by atoms with Gasteiger partial charge >= 0.3 is 0 Å². The highest BCUT2D eigenvalue weighted by atomic mass is 35.5. The largest absolute Gasteiger partial charge is 0.495 e. The number of carbonyl (C=O) groups excluding carboxylic acids is 1. The van der Waals surface area contributed by atoms with Crippen molar-refractivity contribution in [2.24, 2.45) is 5.10 Å². The molecular weight excluding hydrogens is 366 g/mol. The van der Waals surface area contributed by atoms with Crippen LogP contribution in [0.5, 0.6) is 5.75 Å². The van der Waals surface area contributed by atoms with Crippen molar-refractivity contribution in [3.05, 3.63) is 70.7 Å². The topological polar surface area (TPSA) is 76.7 Å². The highest BCUT2D eigenvalue weighted by Gasteiger charge is 2.08. The standard InChI is InChI=1S/C20H18ClN3O3/c1-3-13-4-7-17(22-11-13)20(25)24-23-12-15-6-9-18(27-15)14-5-8-19(26-2)16(21)10-14/h4-12H,3H2,1-2H3,(H,24,25)/b23-12+. The number of nitrogens with zero attached hydrogens (tertiary/aromatic N) is 2. The van der Waals surface area contributed by atoms with E-state index in [-0.39, 0.29) is 5.91 Å². The summed E-state index contributed by atoms with van der Waals surface area (Å²) in [5, 5.41) is 4.40. The van der Waals surface area contributed by atoms with Crippen molar-refractivity contribution in [1.29, 1.82) is 0 Å². The number of aryl methyl sites for hydroxylation is 1. The number of ether oxygens (including phenoxy) is 1. The number of pyridine rings is 1. The lowest BCUT2D eigenvalue weighted by molar-refractivity contribution is 0.0950. The van der Waals surface area contributed by atoms with Crippen LogP contribution in [0.3, 0.4) is 0 Å². The molecule has 1 amide bonds. The molecule has 1 aromatic carbocycles. The molecule has 7 heteroatoms. The molecule has 0 fully saturated rings. The van der Waals surface area contributed by atoms with Gasteiger partial charge in [0.15, 0.2) is 0 Å². The van der Waals surface area contributed by atoms with Crippen LogP contribution in [0, 0.1) is 0 Å². The number of benzene rings is 1. The van der Waals surface area contributed by atoms with Crippen LogP contribution in [0.4, 0.5) is 0 Å². The van der Waals surface area contributed by atoms with E-state index in [1.165, 1.54) is 6.21 Å². The molecule has 0 aliphatic heterocycles. The fourth-order valence-electron chi connectivity index (χ4n) is 2.38. The number of carbonyl (C=O) groups is 1. The Balaban J connectivity index is 1.64. The van der Waals surface area contributed by atoms with E-state index in [1.54, 1.807) is 43.6 Å². The summed E-state index contributed by atoms with van der Waals surface area (Å²) in [6.07, 6.45) is 3.97. The number of hydrogen-bond donors (Lipinski definition) is 1. The van der Waals surface area contributed by atoms with Gasteiger partial charge in [0, 0.05) is 11.8 Å². The maximum Gasteiger partial charge on any atom is 0.289 e. The van der Waals surface area contributed by atoms with E-state index < -0.39 is 0 Å². The van der Waals surface area contributed by atoms with E-state index >= 15 is 0 Å². The number of rotatable bonds is 6. The summed E-state index contributed by atoms with van der Waals surface area (Å²) in [4.78, 5) is 16.1. The molecule has 0 radical (unpaired) electrons. The van der Waals surface area contributed by atoms with Crippen LogP contribution < -0.4 is 10.2 Å². The summed E-state index contributed by atoms with van der Waals surface area (Å²) in [6, 6.07) is 12.5. The molecule has 2 aromatic heterocycles. The first-order valence-corrected chi connectivity index (χ1v) is 8.70. The van der Waals surface area contributed by atoms with Gasteiger partial charge in [-0.15, -0.1) is 0 Å². The second-order valence-corrected chi connectivity index (χ2v) is 6.06. The van der Waals surface area contributed by atoms with Crippen molar-refractivity contribution >= 4 is 23.7 Å². The summed E-state index contributed by atoms with van der Waals surface area (Å²) in [6.45, 7) is 2.03. The second kappa shape index (κ2) is 8.51. The molecule has 3 rings (SSSR count). The zero-order valence-electron chi connectivity index (χ0n) is 14.9. The van der Waals surface area contributed by atoms with Crippen molar-refractivity contribution in [3.8, 4) is 17.1 Å². The van der Waals surface area contributed by atoms with Crippen molar-refractivity contribution in [2.45, 2.75) is 13.3 Å². The summed E-state index contributed by atoms with van der Waals surface area (Å²) in [5.41, 5.74) is 4.61. The molecule has 138 valence electrons. The Morgan fingerprint density at radius 3 is 2.81 bits per heavy atom. The van der Waals surface area contributed by atoms with Gasteiger partial charge in [0.2, 0.25) is 0 Å². The molecule has 0 saturated heterocycles. The van der Waals surface area contributed by atoms with Crippen LogP contribution >= 0.6 is 11.6 Å². The molecule has 0 aliphatic carbocycles. The van der Waals surface area contributed by atoms with Gasteiger partial charge in [-0.05, 0) is 48.4 Å². The predicted octanol–water partition coefficient (Wildman–Crippen LogP) is 4.33. The molecule has 0 atom stereocenters. The molecule has 1 N–H and O–H groups in total. The van der Waals surface area contributed by atoms with Gasteiger partial charge in [-0.1, -0.05) is 24.6 Å². The minimum atomic E-state index is -0.386. The quantitative estimate of drug-likeness (QED) is 0.507. The number of nitrogens with one attached hydrogen (secondary N) is 1. The number of furan rings is 1. The lowest BCUT2D eigenvalue weighted by Gasteiger charge is -2.04. The third kappa shape index (κ3) is 4.54. The summed E-state index contributed by atoms with van der Waals surface area (Å²) in [7, 11) is 1.56. The molecule has 2 heterocycles. The number of hydrogen-bond acceptors (Lipinski definition) is 5. The average Bonchev–Trinajstić information content (AvgIpc) is 3.17. The lowest BCUT2D eigenvalue weighted by atomic mass is 10.2. The van der Waals surface area contributed by atoms with Crippen molar-refractivity contribution in [2.75, 3.05) is 7.11 Å². The minimum Gasteiger partial charge on any atom is -0.495 e.